The van der Waals surface area contributed by atoms with Crippen LogP contribution >= 0.6 is 0 Å². The van der Waals surface area contributed by atoms with Gasteiger partial charge in [0.15, 0.2) is 11.5 Å². The lowest BCUT2D eigenvalue weighted by atomic mass is 9.80. The molecule has 0 atom stereocenters. The quantitative estimate of drug-likeness (QED) is 0.793. The van der Waals surface area contributed by atoms with E-state index in [0.29, 0.717) is 23.5 Å². The van der Waals surface area contributed by atoms with Gasteiger partial charge in [0.2, 0.25) is 0 Å². The maximum absolute atomic E-state index is 10.4. The SMILES string of the molecule is CCOc1cc(C(C)(C)C)c(O)c(O)c1C(C)(C)C. The second-order valence-electron chi connectivity index (χ2n) is 6.93. The maximum Gasteiger partial charge on any atom is 0.165 e. The summed E-state index contributed by atoms with van der Waals surface area (Å²) in [6.45, 7) is 14.4. The van der Waals surface area contributed by atoms with Gasteiger partial charge < -0.3 is 14.9 Å². The number of rotatable bonds is 2. The number of ether oxygens (including phenoxy) is 1. The maximum atomic E-state index is 10.4. The van der Waals surface area contributed by atoms with Crippen LogP contribution in [0, 0.1) is 0 Å². The molecule has 0 aromatic heterocycles. The van der Waals surface area contributed by atoms with Crippen LogP contribution in [0.4, 0.5) is 0 Å². The fourth-order valence-corrected chi connectivity index (χ4v) is 2.20. The number of phenols is 2. The number of benzene rings is 1. The Morgan fingerprint density at radius 3 is 1.84 bits per heavy atom. The molecule has 0 saturated heterocycles. The van der Waals surface area contributed by atoms with Gasteiger partial charge >= 0.3 is 0 Å². The number of aromatic hydroxyl groups is 2. The lowest BCUT2D eigenvalue weighted by molar-refractivity contribution is 0.315. The van der Waals surface area contributed by atoms with E-state index in [2.05, 4.69) is 0 Å². The summed E-state index contributed by atoms with van der Waals surface area (Å²) in [7, 11) is 0. The molecule has 0 aliphatic rings. The van der Waals surface area contributed by atoms with Gasteiger partial charge in [-0.3, -0.25) is 0 Å². The first kappa shape index (κ1) is 15.7. The van der Waals surface area contributed by atoms with E-state index in [9.17, 15) is 10.2 Å². The fourth-order valence-electron chi connectivity index (χ4n) is 2.20. The molecule has 108 valence electrons. The summed E-state index contributed by atoms with van der Waals surface area (Å²) in [6.07, 6.45) is 0. The van der Waals surface area contributed by atoms with Gasteiger partial charge in [0.1, 0.15) is 5.75 Å². The zero-order valence-corrected chi connectivity index (χ0v) is 13.1. The molecule has 1 aromatic rings. The minimum Gasteiger partial charge on any atom is -0.504 e. The molecule has 0 unspecified atom stereocenters. The summed E-state index contributed by atoms with van der Waals surface area (Å²) in [5.41, 5.74) is 0.785. The van der Waals surface area contributed by atoms with E-state index in [4.69, 9.17) is 4.74 Å². The van der Waals surface area contributed by atoms with Crippen molar-refractivity contribution in [2.45, 2.75) is 59.3 Å². The normalized spacial score (nSPS) is 12.6. The molecule has 3 nitrogen and oxygen atoms in total. The molecule has 0 amide bonds. The highest BCUT2D eigenvalue weighted by atomic mass is 16.5. The van der Waals surface area contributed by atoms with Crippen LogP contribution in [0.3, 0.4) is 0 Å². The third-order valence-corrected chi connectivity index (χ3v) is 3.10. The molecule has 1 rings (SSSR count). The van der Waals surface area contributed by atoms with E-state index in [0.717, 1.165) is 0 Å². The highest BCUT2D eigenvalue weighted by molar-refractivity contribution is 5.61. The van der Waals surface area contributed by atoms with Crippen LogP contribution in [-0.2, 0) is 10.8 Å². The Balaban J connectivity index is 3.63. The van der Waals surface area contributed by atoms with Crippen molar-refractivity contribution in [2.75, 3.05) is 6.61 Å². The fraction of sp³-hybridized carbons (Fsp3) is 0.625. The molecule has 0 spiro atoms. The molecule has 19 heavy (non-hydrogen) atoms. The molecule has 0 aliphatic carbocycles. The molecule has 0 fully saturated rings. The van der Waals surface area contributed by atoms with Gasteiger partial charge in [-0.25, -0.2) is 0 Å². The first-order chi connectivity index (χ1) is 8.50. The summed E-state index contributed by atoms with van der Waals surface area (Å²) >= 11 is 0. The summed E-state index contributed by atoms with van der Waals surface area (Å²) in [6, 6.07) is 1.85. The lowest BCUT2D eigenvalue weighted by Crippen LogP contribution is -2.17. The average Bonchev–Trinajstić information content (AvgIpc) is 2.19. The molecule has 0 radical (unpaired) electrons. The Bertz CT molecular complexity index is 462. The van der Waals surface area contributed by atoms with E-state index in [1.807, 2.05) is 54.5 Å². The topological polar surface area (TPSA) is 49.7 Å². The monoisotopic (exact) mass is 266 g/mol. The van der Waals surface area contributed by atoms with Crippen LogP contribution in [0.15, 0.2) is 6.07 Å². The Morgan fingerprint density at radius 2 is 1.47 bits per heavy atom. The Kier molecular flexibility index (Phi) is 4.08. The predicted octanol–water partition coefficient (Wildman–Crippen LogP) is 4.09. The Labute approximate surface area is 116 Å². The van der Waals surface area contributed by atoms with Gasteiger partial charge in [-0.15, -0.1) is 0 Å². The first-order valence-electron chi connectivity index (χ1n) is 6.72. The van der Waals surface area contributed by atoms with Crippen molar-refractivity contribution in [3.63, 3.8) is 0 Å². The molecular weight excluding hydrogens is 240 g/mol. The summed E-state index contributed by atoms with van der Waals surface area (Å²) in [5, 5.41) is 20.6. The van der Waals surface area contributed by atoms with Gasteiger partial charge in [-0.1, -0.05) is 41.5 Å². The third kappa shape index (κ3) is 3.14. The van der Waals surface area contributed by atoms with Crippen LogP contribution in [0.1, 0.15) is 59.6 Å². The van der Waals surface area contributed by atoms with Gasteiger partial charge in [0.25, 0.3) is 0 Å². The van der Waals surface area contributed by atoms with E-state index >= 15 is 0 Å². The molecule has 2 N–H and O–H groups in total. The standard InChI is InChI=1S/C16H26O3/c1-8-19-11-9-10(15(2,3)4)13(17)14(18)12(11)16(5,6)7/h9,17-18H,8H2,1-7H3. The van der Waals surface area contributed by atoms with E-state index in [1.165, 1.54) is 0 Å². The van der Waals surface area contributed by atoms with E-state index in [-0.39, 0.29) is 22.3 Å². The van der Waals surface area contributed by atoms with Crippen molar-refractivity contribution >= 4 is 0 Å². The van der Waals surface area contributed by atoms with Crippen LogP contribution in [0.5, 0.6) is 17.2 Å². The summed E-state index contributed by atoms with van der Waals surface area (Å²) in [5.74, 6) is 0.541. The molecule has 0 aliphatic heterocycles. The van der Waals surface area contributed by atoms with Crippen molar-refractivity contribution in [2.24, 2.45) is 0 Å². The van der Waals surface area contributed by atoms with Gasteiger partial charge in [-0.2, -0.15) is 0 Å². The molecule has 0 bridgehead atoms. The smallest absolute Gasteiger partial charge is 0.165 e. The minimum absolute atomic E-state index is 0.0409. The van der Waals surface area contributed by atoms with Gasteiger partial charge in [-0.05, 0) is 23.8 Å². The van der Waals surface area contributed by atoms with Crippen molar-refractivity contribution in [3.05, 3.63) is 17.2 Å². The largest absolute Gasteiger partial charge is 0.504 e. The van der Waals surface area contributed by atoms with Crippen LogP contribution in [-0.4, -0.2) is 16.8 Å². The molecular formula is C16H26O3. The summed E-state index contributed by atoms with van der Waals surface area (Å²) in [4.78, 5) is 0. The molecule has 1 aromatic carbocycles. The molecule has 3 heteroatoms. The second-order valence-corrected chi connectivity index (χ2v) is 6.93. The number of hydrogen-bond acceptors (Lipinski definition) is 3. The number of hydrogen-bond donors (Lipinski definition) is 2. The lowest BCUT2D eigenvalue weighted by Gasteiger charge is -2.28. The Morgan fingerprint density at radius 1 is 0.947 bits per heavy atom. The highest BCUT2D eigenvalue weighted by Crippen LogP contribution is 2.48. The van der Waals surface area contributed by atoms with Crippen LogP contribution in [0.25, 0.3) is 0 Å². The van der Waals surface area contributed by atoms with Gasteiger partial charge in [0.05, 0.1) is 6.61 Å². The number of phenolic OH excluding ortho intramolecular Hbond substituents is 2. The zero-order valence-electron chi connectivity index (χ0n) is 13.1. The van der Waals surface area contributed by atoms with Crippen molar-refractivity contribution < 1.29 is 14.9 Å². The van der Waals surface area contributed by atoms with E-state index in [1.54, 1.807) is 0 Å². The second kappa shape index (κ2) is 4.95. The van der Waals surface area contributed by atoms with Crippen LogP contribution in [0.2, 0.25) is 0 Å². The first-order valence-corrected chi connectivity index (χ1v) is 6.72. The minimum atomic E-state index is -0.303. The summed E-state index contributed by atoms with van der Waals surface area (Å²) < 4.78 is 5.66. The van der Waals surface area contributed by atoms with Crippen molar-refractivity contribution in [3.8, 4) is 17.2 Å². The average molecular weight is 266 g/mol. The van der Waals surface area contributed by atoms with Gasteiger partial charge in [0, 0.05) is 11.1 Å². The molecule has 0 heterocycles. The van der Waals surface area contributed by atoms with Crippen molar-refractivity contribution in [1.82, 2.24) is 0 Å². The Hall–Kier alpha value is -1.38. The van der Waals surface area contributed by atoms with Crippen molar-refractivity contribution in [1.29, 1.82) is 0 Å². The highest BCUT2D eigenvalue weighted by Gasteiger charge is 2.30. The van der Waals surface area contributed by atoms with E-state index < -0.39 is 0 Å². The van der Waals surface area contributed by atoms with Crippen LogP contribution < -0.4 is 4.74 Å². The molecule has 0 saturated carbocycles. The zero-order chi connectivity index (χ0) is 15.0. The predicted molar refractivity (Wildman–Crippen MR) is 78.3 cm³/mol. The third-order valence-electron chi connectivity index (χ3n) is 3.10.